The number of ether oxygens (including phenoxy) is 2. The Labute approximate surface area is 150 Å². The molecule has 7 nitrogen and oxygen atoms in total. The Kier molecular flexibility index (Phi) is 5.17. The van der Waals surface area contributed by atoms with Crippen molar-refractivity contribution in [1.29, 1.82) is 0 Å². The van der Waals surface area contributed by atoms with Crippen LogP contribution in [0.2, 0.25) is 0 Å². The van der Waals surface area contributed by atoms with Crippen molar-refractivity contribution in [3.05, 3.63) is 65.2 Å². The fourth-order valence-electron chi connectivity index (χ4n) is 2.41. The molecular formula is C19H19N3O4. The van der Waals surface area contributed by atoms with Crippen molar-refractivity contribution in [2.75, 3.05) is 12.4 Å². The molecule has 0 saturated heterocycles. The number of carbonyl (C=O) groups excluding carboxylic acids is 1. The summed E-state index contributed by atoms with van der Waals surface area (Å²) in [6.07, 6.45) is 1.53. The zero-order chi connectivity index (χ0) is 18.5. The van der Waals surface area contributed by atoms with E-state index in [1.165, 1.54) is 13.3 Å². The SMILES string of the molecule is COc1ccc(NC(=O)c2ccccc2OCc2c(C)noc2C)cn1. The van der Waals surface area contributed by atoms with Gasteiger partial charge in [0.05, 0.1) is 35.8 Å². The number of hydrogen-bond acceptors (Lipinski definition) is 6. The summed E-state index contributed by atoms with van der Waals surface area (Å²) in [7, 11) is 1.53. The van der Waals surface area contributed by atoms with Crippen molar-refractivity contribution in [1.82, 2.24) is 10.1 Å². The zero-order valence-electron chi connectivity index (χ0n) is 14.8. The lowest BCUT2D eigenvalue weighted by Gasteiger charge is -2.11. The van der Waals surface area contributed by atoms with Crippen molar-refractivity contribution < 1.29 is 18.8 Å². The largest absolute Gasteiger partial charge is 0.488 e. The number of anilines is 1. The molecule has 0 aliphatic heterocycles. The van der Waals surface area contributed by atoms with Crippen molar-refractivity contribution in [3.63, 3.8) is 0 Å². The highest BCUT2D eigenvalue weighted by atomic mass is 16.5. The molecule has 3 aromatic rings. The van der Waals surface area contributed by atoms with Gasteiger partial charge < -0.3 is 19.3 Å². The molecule has 3 rings (SSSR count). The Morgan fingerprint density at radius 1 is 1.19 bits per heavy atom. The summed E-state index contributed by atoms with van der Waals surface area (Å²) in [5.74, 6) is 1.37. The van der Waals surface area contributed by atoms with E-state index in [-0.39, 0.29) is 12.5 Å². The Balaban J connectivity index is 1.74. The lowest BCUT2D eigenvalue weighted by Crippen LogP contribution is -2.14. The number of aromatic nitrogens is 2. The van der Waals surface area contributed by atoms with Gasteiger partial charge in [0.1, 0.15) is 18.1 Å². The van der Waals surface area contributed by atoms with Crippen molar-refractivity contribution in [3.8, 4) is 11.6 Å². The van der Waals surface area contributed by atoms with Crippen molar-refractivity contribution in [2.45, 2.75) is 20.5 Å². The van der Waals surface area contributed by atoms with Crippen LogP contribution in [0.4, 0.5) is 5.69 Å². The van der Waals surface area contributed by atoms with E-state index < -0.39 is 0 Å². The molecule has 0 atom stereocenters. The highest BCUT2D eigenvalue weighted by Gasteiger charge is 2.15. The number of benzene rings is 1. The molecule has 0 aliphatic carbocycles. The summed E-state index contributed by atoms with van der Waals surface area (Å²) in [6.45, 7) is 3.95. The molecule has 0 aliphatic rings. The van der Waals surface area contributed by atoms with Crippen LogP contribution in [0.1, 0.15) is 27.4 Å². The van der Waals surface area contributed by atoms with E-state index in [4.69, 9.17) is 14.0 Å². The van der Waals surface area contributed by atoms with Crippen LogP contribution in [-0.2, 0) is 6.61 Å². The molecule has 7 heteroatoms. The predicted octanol–water partition coefficient (Wildman–Crippen LogP) is 3.53. The van der Waals surface area contributed by atoms with Crippen LogP contribution in [0, 0.1) is 13.8 Å². The summed E-state index contributed by atoms with van der Waals surface area (Å²) >= 11 is 0. The van der Waals surface area contributed by atoms with E-state index in [1.54, 1.807) is 30.3 Å². The quantitative estimate of drug-likeness (QED) is 0.729. The van der Waals surface area contributed by atoms with Gasteiger partial charge in [-0.05, 0) is 32.0 Å². The fraction of sp³-hybridized carbons (Fsp3) is 0.211. The number of methoxy groups -OCH3 is 1. The molecule has 26 heavy (non-hydrogen) atoms. The van der Waals surface area contributed by atoms with Crippen LogP contribution in [0.3, 0.4) is 0 Å². The van der Waals surface area contributed by atoms with Crippen molar-refractivity contribution in [2.24, 2.45) is 0 Å². The summed E-state index contributed by atoms with van der Waals surface area (Å²) in [4.78, 5) is 16.7. The minimum absolute atomic E-state index is 0.273. The zero-order valence-corrected chi connectivity index (χ0v) is 14.8. The minimum atomic E-state index is -0.286. The molecule has 134 valence electrons. The molecule has 2 aromatic heterocycles. The first-order valence-electron chi connectivity index (χ1n) is 8.03. The second kappa shape index (κ2) is 7.69. The third-order valence-electron chi connectivity index (χ3n) is 3.89. The number of aryl methyl sites for hydroxylation is 2. The van der Waals surface area contributed by atoms with Crippen LogP contribution in [0.15, 0.2) is 47.1 Å². The van der Waals surface area contributed by atoms with E-state index in [2.05, 4.69) is 15.5 Å². The smallest absolute Gasteiger partial charge is 0.259 e. The number of para-hydroxylation sites is 1. The van der Waals surface area contributed by atoms with Gasteiger partial charge in [0.25, 0.3) is 5.91 Å². The molecule has 1 aromatic carbocycles. The number of hydrogen-bond donors (Lipinski definition) is 1. The summed E-state index contributed by atoms with van der Waals surface area (Å²) < 4.78 is 16.0. The summed E-state index contributed by atoms with van der Waals surface area (Å²) in [6, 6.07) is 10.4. The lowest BCUT2D eigenvalue weighted by atomic mass is 10.1. The van der Waals surface area contributed by atoms with Gasteiger partial charge in [-0.2, -0.15) is 0 Å². The number of amides is 1. The van der Waals surface area contributed by atoms with Gasteiger partial charge in [0, 0.05) is 6.07 Å². The lowest BCUT2D eigenvalue weighted by molar-refractivity contribution is 0.102. The molecule has 0 radical (unpaired) electrons. The van der Waals surface area contributed by atoms with Crippen LogP contribution in [0.5, 0.6) is 11.6 Å². The Morgan fingerprint density at radius 2 is 2.00 bits per heavy atom. The standard InChI is InChI=1S/C19H19N3O4/c1-12-16(13(2)26-22-12)11-25-17-7-5-4-6-15(17)19(23)21-14-8-9-18(24-3)20-10-14/h4-10H,11H2,1-3H3,(H,21,23). The molecule has 0 spiro atoms. The summed E-state index contributed by atoms with van der Waals surface area (Å²) in [5, 5.41) is 6.70. The Bertz CT molecular complexity index is 884. The van der Waals surface area contributed by atoms with E-state index in [1.807, 2.05) is 19.9 Å². The highest BCUT2D eigenvalue weighted by Crippen LogP contribution is 2.23. The first-order valence-corrected chi connectivity index (χ1v) is 8.03. The normalized spacial score (nSPS) is 10.4. The number of nitrogens with zero attached hydrogens (tertiary/aromatic N) is 2. The maximum Gasteiger partial charge on any atom is 0.259 e. The molecule has 0 saturated carbocycles. The van der Waals surface area contributed by atoms with Crippen LogP contribution in [0.25, 0.3) is 0 Å². The third-order valence-corrected chi connectivity index (χ3v) is 3.89. The Morgan fingerprint density at radius 3 is 2.65 bits per heavy atom. The average Bonchev–Trinajstić information content (AvgIpc) is 2.98. The maximum atomic E-state index is 12.6. The van der Waals surface area contributed by atoms with Gasteiger partial charge in [-0.3, -0.25) is 4.79 Å². The fourth-order valence-corrected chi connectivity index (χ4v) is 2.41. The van der Waals surface area contributed by atoms with E-state index in [9.17, 15) is 4.79 Å². The highest BCUT2D eigenvalue weighted by molar-refractivity contribution is 6.06. The maximum absolute atomic E-state index is 12.6. The van der Waals surface area contributed by atoms with Crippen LogP contribution in [-0.4, -0.2) is 23.2 Å². The van der Waals surface area contributed by atoms with E-state index in [0.717, 1.165) is 11.3 Å². The van der Waals surface area contributed by atoms with Gasteiger partial charge in [0.15, 0.2) is 0 Å². The molecule has 0 fully saturated rings. The third kappa shape index (κ3) is 3.83. The van der Waals surface area contributed by atoms with Crippen molar-refractivity contribution >= 4 is 11.6 Å². The monoisotopic (exact) mass is 353 g/mol. The molecule has 0 unspecified atom stereocenters. The number of rotatable bonds is 6. The van der Waals surface area contributed by atoms with Gasteiger partial charge in [-0.25, -0.2) is 4.98 Å². The number of nitrogens with one attached hydrogen (secondary N) is 1. The minimum Gasteiger partial charge on any atom is -0.488 e. The van der Waals surface area contributed by atoms with E-state index >= 15 is 0 Å². The topological polar surface area (TPSA) is 86.5 Å². The van der Waals surface area contributed by atoms with Gasteiger partial charge >= 0.3 is 0 Å². The van der Waals surface area contributed by atoms with Crippen LogP contribution < -0.4 is 14.8 Å². The predicted molar refractivity (Wildman–Crippen MR) is 95.5 cm³/mol. The van der Waals surface area contributed by atoms with Crippen LogP contribution >= 0.6 is 0 Å². The first kappa shape index (κ1) is 17.5. The van der Waals surface area contributed by atoms with Gasteiger partial charge in [0.2, 0.25) is 5.88 Å². The molecule has 1 amide bonds. The second-order valence-corrected chi connectivity index (χ2v) is 5.63. The number of carbonyl (C=O) groups is 1. The Hall–Kier alpha value is -3.35. The van der Waals surface area contributed by atoms with Gasteiger partial charge in [-0.15, -0.1) is 0 Å². The first-order chi connectivity index (χ1) is 12.6. The molecule has 2 heterocycles. The summed E-state index contributed by atoms with van der Waals surface area (Å²) in [5.41, 5.74) is 2.64. The number of pyridine rings is 1. The molecule has 1 N–H and O–H groups in total. The van der Waals surface area contributed by atoms with E-state index in [0.29, 0.717) is 28.6 Å². The van der Waals surface area contributed by atoms with Gasteiger partial charge in [-0.1, -0.05) is 17.3 Å². The second-order valence-electron chi connectivity index (χ2n) is 5.63. The average molecular weight is 353 g/mol. The molecular weight excluding hydrogens is 334 g/mol. The molecule has 0 bridgehead atoms.